The van der Waals surface area contributed by atoms with Crippen LogP contribution in [0, 0.1) is 65.1 Å². The molecule has 2 saturated carbocycles. The van der Waals surface area contributed by atoms with Gasteiger partial charge in [0.05, 0.1) is 24.0 Å². The van der Waals surface area contributed by atoms with Crippen LogP contribution >= 0.6 is 0 Å². The molecular formula is C36H58N2O6. The molecule has 0 aromatic carbocycles. The van der Waals surface area contributed by atoms with Crippen LogP contribution in [-0.4, -0.2) is 66.8 Å². The second-order valence-corrected chi connectivity index (χ2v) is 15.9. The molecule has 7 rings (SSSR count). The first-order chi connectivity index (χ1) is 21.2. The number of rotatable bonds is 3. The van der Waals surface area contributed by atoms with Crippen LogP contribution in [0.3, 0.4) is 0 Å². The van der Waals surface area contributed by atoms with E-state index >= 15 is 0 Å². The average molecular weight is 615 g/mol. The van der Waals surface area contributed by atoms with Crippen molar-refractivity contribution in [3.8, 4) is 0 Å². The highest BCUT2D eigenvalue weighted by Crippen LogP contribution is 2.59. The first-order valence-electron chi connectivity index (χ1n) is 18.3. The van der Waals surface area contributed by atoms with Gasteiger partial charge in [-0.25, -0.2) is 4.79 Å². The Labute approximate surface area is 265 Å². The highest BCUT2D eigenvalue weighted by atomic mass is 16.7. The highest BCUT2D eigenvalue weighted by molar-refractivity contribution is 5.90. The van der Waals surface area contributed by atoms with Crippen LogP contribution < -0.4 is 0 Å². The van der Waals surface area contributed by atoms with Crippen LogP contribution in [0.25, 0.3) is 0 Å². The molecule has 5 saturated heterocycles. The topological polar surface area (TPSA) is 78.8 Å². The Morgan fingerprint density at radius 2 is 1.39 bits per heavy atom. The molecule has 5 aliphatic heterocycles. The van der Waals surface area contributed by atoms with Crippen LogP contribution in [0.15, 0.2) is 5.16 Å². The first kappa shape index (κ1) is 31.4. The van der Waals surface area contributed by atoms with Crippen molar-refractivity contribution in [2.45, 2.75) is 137 Å². The van der Waals surface area contributed by atoms with Crippen LogP contribution in [0.2, 0.25) is 0 Å². The number of carbonyl (C=O) groups is 1. The molecule has 17 atom stereocenters. The van der Waals surface area contributed by atoms with Crippen LogP contribution in [0.4, 0.5) is 4.79 Å². The minimum atomic E-state index is -0.405. The van der Waals surface area contributed by atoms with Crippen molar-refractivity contribution in [3.63, 3.8) is 0 Å². The van der Waals surface area contributed by atoms with Crippen molar-refractivity contribution in [1.82, 2.24) is 4.90 Å². The average Bonchev–Trinajstić information content (AvgIpc) is 3.30. The number of oxime groups is 1. The van der Waals surface area contributed by atoms with Crippen molar-refractivity contribution < 1.29 is 28.6 Å². The maximum atomic E-state index is 13.0. The van der Waals surface area contributed by atoms with Gasteiger partial charge in [0.2, 0.25) is 0 Å². The summed E-state index contributed by atoms with van der Waals surface area (Å²) in [5.41, 5.74) is 0.797. The van der Waals surface area contributed by atoms with Gasteiger partial charge in [0.25, 0.3) is 0 Å². The zero-order valence-corrected chi connectivity index (χ0v) is 28.2. The second kappa shape index (κ2) is 12.4. The number of amides is 1. The van der Waals surface area contributed by atoms with Crippen molar-refractivity contribution in [1.29, 1.82) is 0 Å². The van der Waals surface area contributed by atoms with Gasteiger partial charge in [-0.15, -0.1) is 0 Å². The molecule has 8 nitrogen and oxygen atoms in total. The number of fused-ring (bicyclic) bond motifs is 5. The molecule has 0 radical (unpaired) electrons. The van der Waals surface area contributed by atoms with Crippen molar-refractivity contribution in [2.75, 3.05) is 13.1 Å². The summed E-state index contributed by atoms with van der Waals surface area (Å²) in [4.78, 5) is 20.4. The lowest BCUT2D eigenvalue weighted by molar-refractivity contribution is -0.298. The van der Waals surface area contributed by atoms with E-state index in [2.05, 4.69) is 39.8 Å². The van der Waals surface area contributed by atoms with Gasteiger partial charge in [-0.05, 0) is 113 Å². The molecule has 6 bridgehead atoms. The van der Waals surface area contributed by atoms with Gasteiger partial charge >= 0.3 is 6.09 Å². The summed E-state index contributed by atoms with van der Waals surface area (Å²) < 4.78 is 28.1. The fourth-order valence-corrected chi connectivity index (χ4v) is 11.4. The van der Waals surface area contributed by atoms with Crippen molar-refractivity contribution in [3.05, 3.63) is 0 Å². The smallest absolute Gasteiger partial charge is 0.349 e. The van der Waals surface area contributed by atoms with E-state index in [9.17, 15) is 4.79 Å². The van der Waals surface area contributed by atoms with Crippen LogP contribution in [0.5, 0.6) is 0 Å². The summed E-state index contributed by atoms with van der Waals surface area (Å²) in [6.45, 7) is 17.0. The van der Waals surface area contributed by atoms with E-state index in [4.69, 9.17) is 23.8 Å². The van der Waals surface area contributed by atoms with Gasteiger partial charge in [-0.3, -0.25) is 4.84 Å². The molecule has 1 amide bonds. The summed E-state index contributed by atoms with van der Waals surface area (Å²) in [6, 6.07) is 0. The molecule has 7 aliphatic rings. The highest BCUT2D eigenvalue weighted by Gasteiger charge is 2.59. The predicted octanol–water partition coefficient (Wildman–Crippen LogP) is 7.11. The van der Waals surface area contributed by atoms with Crippen molar-refractivity contribution >= 4 is 11.8 Å². The normalized spacial score (nSPS) is 52.3. The maximum absolute atomic E-state index is 13.0. The first-order valence-corrected chi connectivity index (χ1v) is 18.3. The van der Waals surface area contributed by atoms with Gasteiger partial charge in [0.15, 0.2) is 12.6 Å². The standard InChI is InChI=1S/C36H58N2O6/c1-8-38(9-2)36(39)44-37-28-17-30-21(6)27-16-26(20(5)24-13-11-19(4)40-34(42-30)32(24)27)29-15-14-23-18(3)10-12-25-22(7)33(28)43-35(41-29)31(23)25/h18-27,29-35H,8-17H2,1-7H3. The van der Waals surface area contributed by atoms with Crippen molar-refractivity contribution in [2.24, 2.45) is 70.3 Å². The maximum Gasteiger partial charge on any atom is 0.435 e. The fraction of sp³-hybridized carbons (Fsp3) is 0.944. The lowest BCUT2D eigenvalue weighted by Gasteiger charge is -2.57. The zero-order chi connectivity index (χ0) is 30.9. The summed E-state index contributed by atoms with van der Waals surface area (Å²) in [7, 11) is 0. The Bertz CT molecular complexity index is 1080. The quantitative estimate of drug-likeness (QED) is 0.249. The number of nitrogens with zero attached hydrogens (tertiary/aromatic N) is 2. The number of carbonyl (C=O) groups excluding carboxylic acids is 1. The third kappa shape index (κ3) is 5.26. The Balaban J connectivity index is 1.32. The molecule has 2 aliphatic carbocycles. The molecule has 0 N–H and O–H groups in total. The van der Waals surface area contributed by atoms with E-state index in [0.29, 0.717) is 78.7 Å². The largest absolute Gasteiger partial charge is 0.435 e. The van der Waals surface area contributed by atoms with E-state index < -0.39 is 6.09 Å². The minimum absolute atomic E-state index is 0.0674. The Hall–Kier alpha value is -1.22. The van der Waals surface area contributed by atoms with Crippen LogP contribution in [0.1, 0.15) is 99.8 Å². The van der Waals surface area contributed by atoms with Gasteiger partial charge in [-0.1, -0.05) is 39.3 Å². The van der Waals surface area contributed by atoms with E-state index in [-0.39, 0.29) is 42.9 Å². The molecule has 7 fully saturated rings. The molecule has 248 valence electrons. The summed E-state index contributed by atoms with van der Waals surface area (Å²) in [6.07, 6.45) is 8.03. The molecular weight excluding hydrogens is 556 g/mol. The molecule has 0 aromatic rings. The molecule has 8 heteroatoms. The van der Waals surface area contributed by atoms with E-state index in [0.717, 1.165) is 25.0 Å². The Morgan fingerprint density at radius 1 is 0.727 bits per heavy atom. The van der Waals surface area contributed by atoms with Crippen LogP contribution in [-0.2, 0) is 23.8 Å². The molecule has 0 spiro atoms. The number of ether oxygens (including phenoxy) is 4. The van der Waals surface area contributed by atoms with E-state index in [1.807, 2.05) is 13.8 Å². The van der Waals surface area contributed by atoms with E-state index in [1.165, 1.54) is 25.7 Å². The van der Waals surface area contributed by atoms with Gasteiger partial charge < -0.3 is 23.8 Å². The third-order valence-corrected chi connectivity index (χ3v) is 14.0. The number of hydrogen-bond donors (Lipinski definition) is 0. The van der Waals surface area contributed by atoms with Gasteiger partial charge in [0, 0.05) is 31.3 Å². The molecule has 5 heterocycles. The Kier molecular flexibility index (Phi) is 8.86. The number of hydrogen-bond acceptors (Lipinski definition) is 7. The molecule has 44 heavy (non-hydrogen) atoms. The summed E-state index contributed by atoms with van der Waals surface area (Å²) in [5.74, 6) is 5.40. The minimum Gasteiger partial charge on any atom is -0.349 e. The molecule has 17 unspecified atom stereocenters. The SMILES string of the molecule is CCN(CC)C(=O)ON=C1CC2OC3OC(C)CCC4C(C)C(CC(C2C)C34)C2CCC3C(C)CCC4C(C)C1OC(O2)C34. The predicted molar refractivity (Wildman–Crippen MR) is 168 cm³/mol. The lowest BCUT2D eigenvalue weighted by Crippen LogP contribution is -2.59. The molecule has 0 aromatic heterocycles. The van der Waals surface area contributed by atoms with E-state index in [1.54, 1.807) is 4.90 Å². The second-order valence-electron chi connectivity index (χ2n) is 15.9. The Morgan fingerprint density at radius 3 is 2.16 bits per heavy atom. The third-order valence-electron chi connectivity index (χ3n) is 14.0. The monoisotopic (exact) mass is 614 g/mol. The van der Waals surface area contributed by atoms with Gasteiger partial charge in [-0.2, -0.15) is 0 Å². The fourth-order valence-electron chi connectivity index (χ4n) is 11.4. The zero-order valence-electron chi connectivity index (χ0n) is 28.2. The summed E-state index contributed by atoms with van der Waals surface area (Å²) >= 11 is 0. The van der Waals surface area contributed by atoms with Gasteiger partial charge in [0.1, 0.15) is 6.10 Å². The summed E-state index contributed by atoms with van der Waals surface area (Å²) in [5, 5.41) is 4.68. The lowest BCUT2D eigenvalue weighted by atomic mass is 9.55.